The summed E-state index contributed by atoms with van der Waals surface area (Å²) in [4.78, 5) is 0. The summed E-state index contributed by atoms with van der Waals surface area (Å²) in [5.41, 5.74) is 5.97. The van der Waals surface area contributed by atoms with E-state index >= 15 is 0 Å². The lowest BCUT2D eigenvalue weighted by atomic mass is 10.3. The first-order valence-electron chi connectivity index (χ1n) is 4.65. The second-order valence-corrected chi connectivity index (χ2v) is 4.31. The van der Waals surface area contributed by atoms with E-state index in [1.807, 2.05) is 0 Å². The van der Waals surface area contributed by atoms with Crippen LogP contribution in [0.2, 0.25) is 0 Å². The molecule has 7 nitrogen and oxygen atoms in total. The first-order chi connectivity index (χ1) is 7.88. The van der Waals surface area contributed by atoms with E-state index in [0.29, 0.717) is 11.4 Å². The molecule has 0 aromatic heterocycles. The highest BCUT2D eigenvalue weighted by molar-refractivity contribution is 7.80. The fraction of sp³-hybridized carbons (Fsp3) is 0.333. The van der Waals surface area contributed by atoms with Crippen LogP contribution in [-0.4, -0.2) is 37.4 Å². The molecule has 1 rings (SSSR count). The maximum atomic E-state index is 10.2. The summed E-state index contributed by atoms with van der Waals surface area (Å²) in [5.74, 6) is 0.374. The van der Waals surface area contributed by atoms with Crippen LogP contribution in [0.15, 0.2) is 24.3 Å². The monoisotopic (exact) mass is 263 g/mol. The van der Waals surface area contributed by atoms with Gasteiger partial charge in [-0.1, -0.05) is 12.1 Å². The van der Waals surface area contributed by atoms with Gasteiger partial charge in [-0.05, 0) is 12.1 Å². The lowest BCUT2D eigenvalue weighted by Gasteiger charge is -2.12. The van der Waals surface area contributed by atoms with Gasteiger partial charge >= 0.3 is 10.4 Å². The summed E-state index contributed by atoms with van der Waals surface area (Å²) >= 11 is 0. The zero-order valence-electron chi connectivity index (χ0n) is 8.81. The van der Waals surface area contributed by atoms with Gasteiger partial charge in [0, 0.05) is 0 Å². The highest BCUT2D eigenvalue weighted by atomic mass is 32.3. The maximum Gasteiger partial charge on any atom is 0.397 e. The van der Waals surface area contributed by atoms with Gasteiger partial charge < -0.3 is 15.6 Å². The van der Waals surface area contributed by atoms with Crippen LogP contribution in [0.3, 0.4) is 0 Å². The standard InChI is InChI=1S/C9H13NO6S/c10-8-3-1-2-4-9(8)15-5-7(11)6-16-17(12,13)14/h1-4,7,11H,5-6,10H2,(H,12,13,14). The van der Waals surface area contributed by atoms with Gasteiger partial charge in [0.25, 0.3) is 0 Å². The van der Waals surface area contributed by atoms with Crippen molar-refractivity contribution < 1.29 is 27.0 Å². The third-order valence-corrected chi connectivity index (χ3v) is 2.19. The highest BCUT2D eigenvalue weighted by Gasteiger charge is 2.12. The fourth-order valence-electron chi connectivity index (χ4n) is 1.01. The van der Waals surface area contributed by atoms with Crippen molar-refractivity contribution >= 4 is 16.1 Å². The van der Waals surface area contributed by atoms with Crippen LogP contribution < -0.4 is 10.5 Å². The van der Waals surface area contributed by atoms with E-state index in [2.05, 4.69) is 4.18 Å². The van der Waals surface area contributed by atoms with Gasteiger partial charge in [-0.15, -0.1) is 0 Å². The second kappa shape index (κ2) is 5.82. The van der Waals surface area contributed by atoms with Crippen LogP contribution in [0.5, 0.6) is 5.75 Å². The predicted molar refractivity (Wildman–Crippen MR) is 59.9 cm³/mol. The average molecular weight is 263 g/mol. The van der Waals surface area contributed by atoms with Crippen LogP contribution in [0.25, 0.3) is 0 Å². The van der Waals surface area contributed by atoms with Gasteiger partial charge in [0.2, 0.25) is 0 Å². The molecular weight excluding hydrogens is 250 g/mol. The molecule has 1 unspecified atom stereocenters. The Bertz CT molecular complexity index is 460. The molecule has 0 amide bonds. The normalized spacial score (nSPS) is 13.3. The van der Waals surface area contributed by atoms with Crippen LogP contribution in [0.4, 0.5) is 5.69 Å². The van der Waals surface area contributed by atoms with E-state index in [0.717, 1.165) is 0 Å². The van der Waals surface area contributed by atoms with E-state index < -0.39 is 23.1 Å². The molecule has 8 heteroatoms. The van der Waals surface area contributed by atoms with Crippen molar-refractivity contribution in [1.29, 1.82) is 0 Å². The number of benzene rings is 1. The Labute approximate surface area is 98.7 Å². The Morgan fingerprint density at radius 2 is 1.94 bits per heavy atom. The first kappa shape index (κ1) is 13.7. The zero-order chi connectivity index (χ0) is 12.9. The topological polar surface area (TPSA) is 119 Å². The summed E-state index contributed by atoms with van der Waals surface area (Å²) in [6.45, 7) is -0.796. The molecule has 0 spiro atoms. The largest absolute Gasteiger partial charge is 0.489 e. The van der Waals surface area contributed by atoms with Gasteiger partial charge in [0.1, 0.15) is 18.5 Å². The third-order valence-electron chi connectivity index (χ3n) is 1.76. The summed E-state index contributed by atoms with van der Waals surface area (Å²) in [7, 11) is -4.55. The van der Waals surface area contributed by atoms with Gasteiger partial charge in [-0.3, -0.25) is 4.55 Å². The molecule has 0 heterocycles. The molecule has 0 saturated carbocycles. The molecule has 1 aromatic rings. The van der Waals surface area contributed by atoms with Gasteiger partial charge in [-0.25, -0.2) is 4.18 Å². The number of anilines is 1. The van der Waals surface area contributed by atoms with E-state index in [-0.39, 0.29) is 6.61 Å². The minimum Gasteiger partial charge on any atom is -0.489 e. The van der Waals surface area contributed by atoms with Crippen LogP contribution in [0.1, 0.15) is 0 Å². The molecule has 4 N–H and O–H groups in total. The molecule has 96 valence electrons. The maximum absolute atomic E-state index is 10.2. The van der Waals surface area contributed by atoms with Crippen molar-refractivity contribution in [2.24, 2.45) is 0 Å². The van der Waals surface area contributed by atoms with Crippen LogP contribution >= 0.6 is 0 Å². The van der Waals surface area contributed by atoms with Crippen molar-refractivity contribution in [2.75, 3.05) is 18.9 Å². The number of hydrogen-bond donors (Lipinski definition) is 3. The average Bonchev–Trinajstić information content (AvgIpc) is 2.24. The highest BCUT2D eigenvalue weighted by Crippen LogP contribution is 2.19. The smallest absolute Gasteiger partial charge is 0.397 e. The minimum absolute atomic E-state index is 0.205. The number of para-hydroxylation sites is 2. The van der Waals surface area contributed by atoms with Crippen molar-refractivity contribution in [2.45, 2.75) is 6.10 Å². The lowest BCUT2D eigenvalue weighted by Crippen LogP contribution is -2.25. The van der Waals surface area contributed by atoms with Gasteiger partial charge in [0.05, 0.1) is 12.3 Å². The molecular formula is C9H13NO6S. The predicted octanol–water partition coefficient (Wildman–Crippen LogP) is -0.172. The van der Waals surface area contributed by atoms with Crippen molar-refractivity contribution in [1.82, 2.24) is 0 Å². The summed E-state index contributed by atoms with van der Waals surface area (Å²) in [6, 6.07) is 6.65. The first-order valence-corrected chi connectivity index (χ1v) is 6.02. The summed E-state index contributed by atoms with van der Waals surface area (Å²) < 4.78 is 37.8. The van der Waals surface area contributed by atoms with Crippen molar-refractivity contribution in [3.8, 4) is 5.75 Å². The van der Waals surface area contributed by atoms with Gasteiger partial charge in [0.15, 0.2) is 0 Å². The van der Waals surface area contributed by atoms with Crippen LogP contribution in [0, 0.1) is 0 Å². The van der Waals surface area contributed by atoms with Gasteiger partial charge in [-0.2, -0.15) is 8.42 Å². The molecule has 0 aliphatic rings. The Morgan fingerprint density at radius 3 is 2.53 bits per heavy atom. The lowest BCUT2D eigenvalue weighted by molar-refractivity contribution is 0.0606. The SMILES string of the molecule is Nc1ccccc1OCC(O)COS(=O)(=O)O. The Morgan fingerprint density at radius 1 is 1.29 bits per heavy atom. The molecule has 1 aromatic carbocycles. The number of nitrogen functional groups attached to an aromatic ring is 1. The number of nitrogens with two attached hydrogens (primary N) is 1. The molecule has 17 heavy (non-hydrogen) atoms. The Hall–Kier alpha value is -1.35. The van der Waals surface area contributed by atoms with E-state index in [9.17, 15) is 13.5 Å². The molecule has 0 aliphatic carbocycles. The van der Waals surface area contributed by atoms with E-state index in [1.54, 1.807) is 24.3 Å². The Balaban J connectivity index is 2.39. The molecule has 0 radical (unpaired) electrons. The number of ether oxygens (including phenoxy) is 1. The van der Waals surface area contributed by atoms with Crippen molar-refractivity contribution in [3.05, 3.63) is 24.3 Å². The molecule has 1 atom stereocenters. The Kier molecular flexibility index (Phi) is 4.70. The second-order valence-electron chi connectivity index (χ2n) is 3.21. The zero-order valence-corrected chi connectivity index (χ0v) is 9.63. The number of hydrogen-bond acceptors (Lipinski definition) is 6. The minimum atomic E-state index is -4.55. The summed E-state index contributed by atoms with van der Waals surface area (Å²) in [6.07, 6.45) is -1.20. The number of aliphatic hydroxyl groups excluding tert-OH is 1. The molecule has 0 fully saturated rings. The fourth-order valence-corrected chi connectivity index (χ4v) is 1.34. The molecule has 0 saturated heterocycles. The third kappa shape index (κ3) is 5.50. The molecule has 0 aliphatic heterocycles. The summed E-state index contributed by atoms with van der Waals surface area (Å²) in [5, 5.41) is 9.30. The number of rotatable bonds is 6. The number of aliphatic hydroxyl groups is 1. The van der Waals surface area contributed by atoms with Crippen molar-refractivity contribution in [3.63, 3.8) is 0 Å². The van der Waals surface area contributed by atoms with E-state index in [4.69, 9.17) is 15.0 Å². The van der Waals surface area contributed by atoms with Crippen LogP contribution in [-0.2, 0) is 14.6 Å². The molecule has 0 bridgehead atoms. The van der Waals surface area contributed by atoms with E-state index in [1.165, 1.54) is 0 Å². The quantitative estimate of drug-likeness (QED) is 0.481.